The highest BCUT2D eigenvalue weighted by atomic mass is 19.4. The predicted molar refractivity (Wildman–Crippen MR) is 71.1 cm³/mol. The highest BCUT2D eigenvalue weighted by Crippen LogP contribution is 2.60. The first kappa shape index (κ1) is 31.0. The smallest absolute Gasteiger partial charge is 0.460 e. The minimum absolute atomic E-state index is 1.61. The monoisotopic (exact) mass is 532 g/mol. The number of hydrogen-bond donors (Lipinski definition) is 1. The molecule has 196 valence electrons. The molecule has 2 nitrogen and oxygen atoms in total. The third-order valence-electron chi connectivity index (χ3n) is 4.00. The lowest BCUT2D eigenvalue weighted by Crippen LogP contribution is -2.70. The summed E-state index contributed by atoms with van der Waals surface area (Å²) in [6, 6.07) is 0. The SMILES string of the molecule is O=C(O)C(=C(F)F)C(F)(F)CCCCC(F)(F)C(F)(F)C(F)(F)C(F)(F)C(F)(F)C(F)(F)F. The number of unbranched alkanes of at least 4 members (excludes halogenated alkanes) is 1. The molecule has 0 amide bonds. The minimum atomic E-state index is -8.11. The van der Waals surface area contributed by atoms with Crippen molar-refractivity contribution in [2.24, 2.45) is 0 Å². The van der Waals surface area contributed by atoms with Crippen LogP contribution in [0.2, 0.25) is 0 Å². The number of alkyl halides is 15. The van der Waals surface area contributed by atoms with Crippen LogP contribution in [-0.2, 0) is 4.79 Å². The van der Waals surface area contributed by atoms with Crippen molar-refractivity contribution in [1.82, 2.24) is 0 Å². The van der Waals surface area contributed by atoms with Gasteiger partial charge < -0.3 is 5.11 Å². The third kappa shape index (κ3) is 5.41. The molecule has 0 aliphatic heterocycles. The van der Waals surface area contributed by atoms with Crippen LogP contribution in [0.15, 0.2) is 11.7 Å². The van der Waals surface area contributed by atoms with Crippen molar-refractivity contribution in [2.45, 2.75) is 67.4 Å². The van der Waals surface area contributed by atoms with Gasteiger partial charge in [0.05, 0.1) is 0 Å². The molecular formula is C14H9F17O2. The third-order valence-corrected chi connectivity index (χ3v) is 4.00. The second-order valence-corrected chi connectivity index (χ2v) is 6.35. The molecule has 0 saturated heterocycles. The molecule has 33 heavy (non-hydrogen) atoms. The van der Waals surface area contributed by atoms with Gasteiger partial charge in [-0.05, 0) is 12.8 Å². The average molecular weight is 532 g/mol. The van der Waals surface area contributed by atoms with Crippen LogP contribution in [0.3, 0.4) is 0 Å². The Morgan fingerprint density at radius 2 is 0.939 bits per heavy atom. The Morgan fingerprint density at radius 1 is 0.576 bits per heavy atom. The van der Waals surface area contributed by atoms with E-state index in [4.69, 9.17) is 5.11 Å². The van der Waals surface area contributed by atoms with Gasteiger partial charge >= 0.3 is 41.8 Å². The van der Waals surface area contributed by atoms with Gasteiger partial charge in [-0.25, -0.2) is 13.6 Å². The molecule has 0 aromatic carbocycles. The van der Waals surface area contributed by atoms with Crippen molar-refractivity contribution in [2.75, 3.05) is 0 Å². The number of hydrogen-bond acceptors (Lipinski definition) is 1. The number of aliphatic carboxylic acids is 1. The zero-order chi connectivity index (χ0) is 27.1. The van der Waals surface area contributed by atoms with Crippen molar-refractivity contribution >= 4 is 5.97 Å². The van der Waals surface area contributed by atoms with Crippen LogP contribution in [0.5, 0.6) is 0 Å². The lowest BCUT2D eigenvalue weighted by Gasteiger charge is -2.39. The van der Waals surface area contributed by atoms with E-state index in [9.17, 15) is 79.4 Å². The summed E-state index contributed by atoms with van der Waals surface area (Å²) < 4.78 is 218. The van der Waals surface area contributed by atoms with Crippen LogP contribution >= 0.6 is 0 Å². The molecule has 0 bridgehead atoms. The Hall–Kier alpha value is -1.98. The highest BCUT2D eigenvalue weighted by molar-refractivity contribution is 5.88. The first-order valence-corrected chi connectivity index (χ1v) is 7.85. The molecule has 0 atom stereocenters. The second-order valence-electron chi connectivity index (χ2n) is 6.35. The van der Waals surface area contributed by atoms with Crippen LogP contribution in [0.4, 0.5) is 74.6 Å². The highest BCUT2D eigenvalue weighted by Gasteiger charge is 2.90. The maximum absolute atomic E-state index is 13.4. The quantitative estimate of drug-likeness (QED) is 0.174. The number of carboxylic acid groups (broad SMARTS) is 1. The average Bonchev–Trinajstić information content (AvgIpc) is 2.55. The lowest BCUT2D eigenvalue weighted by atomic mass is 9.91. The Balaban J connectivity index is 5.70. The zero-order valence-corrected chi connectivity index (χ0v) is 15.1. The summed E-state index contributed by atoms with van der Waals surface area (Å²) in [4.78, 5) is 10.3. The Kier molecular flexibility index (Phi) is 8.45. The van der Waals surface area contributed by atoms with Gasteiger partial charge in [0.1, 0.15) is 0 Å². The van der Waals surface area contributed by atoms with Gasteiger partial charge in [0.25, 0.3) is 12.0 Å². The topological polar surface area (TPSA) is 37.3 Å². The standard InChI is InChI=1S/C14H9F17O2/c15-6(16)5(7(32)33)8(17,18)3-1-2-4-9(19,20)10(21,22)11(23,24)12(25,26)13(27,28)14(29,30)31/h1-4H2,(H,32,33). The van der Waals surface area contributed by atoms with E-state index in [-0.39, 0.29) is 0 Å². The van der Waals surface area contributed by atoms with Gasteiger partial charge in [-0.1, -0.05) is 0 Å². The molecule has 0 aliphatic carbocycles. The molecule has 0 spiro atoms. The minimum Gasteiger partial charge on any atom is -0.478 e. The van der Waals surface area contributed by atoms with E-state index in [0.717, 1.165) is 0 Å². The Morgan fingerprint density at radius 3 is 1.27 bits per heavy atom. The van der Waals surface area contributed by atoms with E-state index in [1.54, 1.807) is 0 Å². The van der Waals surface area contributed by atoms with Crippen LogP contribution in [0, 0.1) is 0 Å². The first-order valence-electron chi connectivity index (χ1n) is 7.85. The first-order chi connectivity index (χ1) is 14.2. The van der Waals surface area contributed by atoms with Crippen LogP contribution in [-0.4, -0.2) is 52.8 Å². The van der Waals surface area contributed by atoms with Crippen molar-refractivity contribution in [3.8, 4) is 0 Å². The normalized spacial score (nSPS) is 14.9. The van der Waals surface area contributed by atoms with E-state index >= 15 is 0 Å². The molecule has 1 N–H and O–H groups in total. The second kappa shape index (κ2) is 8.99. The number of carbonyl (C=O) groups is 1. The summed E-state index contributed by atoms with van der Waals surface area (Å²) in [6.07, 6.45) is -19.4. The maximum Gasteiger partial charge on any atom is 0.460 e. The largest absolute Gasteiger partial charge is 0.478 e. The molecule has 0 unspecified atom stereocenters. The fourth-order valence-electron chi connectivity index (χ4n) is 2.15. The van der Waals surface area contributed by atoms with Crippen molar-refractivity contribution in [1.29, 1.82) is 0 Å². The summed E-state index contributed by atoms with van der Waals surface area (Å²) in [7, 11) is 0. The fourth-order valence-corrected chi connectivity index (χ4v) is 2.15. The van der Waals surface area contributed by atoms with Crippen molar-refractivity contribution in [3.05, 3.63) is 11.7 Å². The summed E-state index contributed by atoms with van der Waals surface area (Å²) in [5.74, 6) is -46.0. The molecule has 0 rings (SSSR count). The van der Waals surface area contributed by atoms with E-state index in [1.165, 1.54) is 0 Å². The molecule has 0 radical (unpaired) electrons. The van der Waals surface area contributed by atoms with Crippen LogP contribution in [0.1, 0.15) is 25.7 Å². The number of halogens is 17. The van der Waals surface area contributed by atoms with E-state index < -0.39 is 85.0 Å². The molecule has 0 saturated carbocycles. The molecule has 0 heterocycles. The molecule has 0 aromatic rings. The van der Waals surface area contributed by atoms with Gasteiger partial charge in [0.2, 0.25) is 0 Å². The van der Waals surface area contributed by atoms with Gasteiger partial charge in [0.15, 0.2) is 5.57 Å². The summed E-state index contributed by atoms with van der Waals surface area (Å²) in [6.45, 7) is 0. The van der Waals surface area contributed by atoms with Crippen LogP contribution < -0.4 is 0 Å². The Bertz CT molecular complexity index is 745. The zero-order valence-electron chi connectivity index (χ0n) is 15.1. The molecule has 19 heteroatoms. The van der Waals surface area contributed by atoms with E-state index in [0.29, 0.717) is 0 Å². The molecular weight excluding hydrogens is 523 g/mol. The Labute approximate surface area is 171 Å². The summed E-state index contributed by atoms with van der Waals surface area (Å²) in [5.41, 5.74) is -2.83. The number of carboxylic acids is 1. The fraction of sp³-hybridized carbons (Fsp3) is 0.786. The van der Waals surface area contributed by atoms with Gasteiger partial charge in [-0.3, -0.25) is 0 Å². The summed E-state index contributed by atoms with van der Waals surface area (Å²) >= 11 is 0. The van der Waals surface area contributed by atoms with E-state index in [1.807, 2.05) is 0 Å². The lowest BCUT2D eigenvalue weighted by molar-refractivity contribution is -0.440. The van der Waals surface area contributed by atoms with E-state index in [2.05, 4.69) is 0 Å². The molecule has 0 aliphatic rings. The van der Waals surface area contributed by atoms with Crippen LogP contribution in [0.25, 0.3) is 0 Å². The van der Waals surface area contributed by atoms with Gasteiger partial charge in [0, 0.05) is 12.8 Å². The van der Waals surface area contributed by atoms with Gasteiger partial charge in [-0.2, -0.15) is 65.9 Å². The molecule has 0 fully saturated rings. The molecule has 0 aromatic heterocycles. The maximum atomic E-state index is 13.4. The summed E-state index contributed by atoms with van der Waals surface area (Å²) in [5, 5.41) is 8.23. The van der Waals surface area contributed by atoms with Gasteiger partial charge in [-0.15, -0.1) is 0 Å². The number of rotatable bonds is 11. The predicted octanol–water partition coefficient (Wildman–Crippen LogP) is 7.16. The van der Waals surface area contributed by atoms with Crippen molar-refractivity contribution < 1.29 is 84.5 Å². The van der Waals surface area contributed by atoms with Crippen molar-refractivity contribution in [3.63, 3.8) is 0 Å².